The zero-order chi connectivity index (χ0) is 20.8. The summed E-state index contributed by atoms with van der Waals surface area (Å²) in [5.41, 5.74) is 3.87. The van der Waals surface area contributed by atoms with E-state index in [-0.39, 0.29) is 5.91 Å². The summed E-state index contributed by atoms with van der Waals surface area (Å²) < 4.78 is 5.56. The van der Waals surface area contributed by atoms with Crippen LogP contribution in [0.25, 0.3) is 11.1 Å². The second-order valence-corrected chi connectivity index (χ2v) is 7.74. The van der Waals surface area contributed by atoms with Crippen molar-refractivity contribution >= 4 is 5.91 Å². The van der Waals surface area contributed by atoms with E-state index in [0.717, 1.165) is 54.7 Å². The van der Waals surface area contributed by atoms with Gasteiger partial charge < -0.3 is 15.0 Å². The van der Waals surface area contributed by atoms with Crippen molar-refractivity contribution in [2.75, 3.05) is 14.2 Å². The monoisotopic (exact) mass is 391 g/mol. The SMILES string of the molecule is COc1ccc(-c2cccc(C#N)c2)cc1CNC1CCC(N(C)C(C)=O)CC1. The van der Waals surface area contributed by atoms with Crippen molar-refractivity contribution in [1.29, 1.82) is 5.26 Å². The second-order valence-electron chi connectivity index (χ2n) is 7.74. The molecule has 0 unspecified atom stereocenters. The first-order chi connectivity index (χ1) is 14.0. The molecule has 3 rings (SSSR count). The van der Waals surface area contributed by atoms with E-state index < -0.39 is 0 Å². The summed E-state index contributed by atoms with van der Waals surface area (Å²) in [6.45, 7) is 2.36. The van der Waals surface area contributed by atoms with Gasteiger partial charge in [0.1, 0.15) is 5.75 Å². The van der Waals surface area contributed by atoms with Crippen LogP contribution in [0.15, 0.2) is 42.5 Å². The molecule has 2 aromatic rings. The van der Waals surface area contributed by atoms with Crippen molar-refractivity contribution in [2.24, 2.45) is 0 Å². The number of carbonyl (C=O) groups excluding carboxylic acids is 1. The minimum Gasteiger partial charge on any atom is -0.496 e. The molecule has 0 aromatic heterocycles. The van der Waals surface area contributed by atoms with Crippen molar-refractivity contribution in [3.8, 4) is 22.9 Å². The predicted molar refractivity (Wildman–Crippen MR) is 114 cm³/mol. The number of nitrogens with one attached hydrogen (secondary N) is 1. The van der Waals surface area contributed by atoms with Gasteiger partial charge in [0.15, 0.2) is 0 Å². The Hall–Kier alpha value is -2.84. The molecule has 1 fully saturated rings. The lowest BCUT2D eigenvalue weighted by atomic mass is 9.90. The van der Waals surface area contributed by atoms with E-state index in [1.54, 1.807) is 14.0 Å². The highest BCUT2D eigenvalue weighted by atomic mass is 16.5. The number of methoxy groups -OCH3 is 1. The highest BCUT2D eigenvalue weighted by Gasteiger charge is 2.25. The summed E-state index contributed by atoms with van der Waals surface area (Å²) in [6, 6.07) is 16.8. The molecule has 5 heteroatoms. The van der Waals surface area contributed by atoms with E-state index >= 15 is 0 Å². The van der Waals surface area contributed by atoms with Crippen LogP contribution >= 0.6 is 0 Å². The van der Waals surface area contributed by atoms with Gasteiger partial charge in [-0.2, -0.15) is 5.26 Å². The Balaban J connectivity index is 1.66. The molecule has 1 amide bonds. The third kappa shape index (κ3) is 5.16. The first-order valence-electron chi connectivity index (χ1n) is 10.2. The van der Waals surface area contributed by atoms with Gasteiger partial charge in [0.25, 0.3) is 0 Å². The Morgan fingerprint density at radius 3 is 2.55 bits per heavy atom. The van der Waals surface area contributed by atoms with Crippen molar-refractivity contribution in [2.45, 2.75) is 51.2 Å². The van der Waals surface area contributed by atoms with Crippen molar-refractivity contribution in [3.63, 3.8) is 0 Å². The fourth-order valence-corrected chi connectivity index (χ4v) is 4.04. The van der Waals surface area contributed by atoms with Crippen LogP contribution in [0.5, 0.6) is 5.75 Å². The minimum absolute atomic E-state index is 0.142. The summed E-state index contributed by atoms with van der Waals surface area (Å²) in [5, 5.41) is 12.8. The standard InChI is InChI=1S/C24H29N3O2/c1-17(28)27(2)23-10-8-22(9-11-23)26-16-21-14-20(7-12-24(21)29-3)19-6-4-5-18(13-19)15-25/h4-7,12-14,22-23,26H,8-11,16H2,1-3H3. The van der Waals surface area contributed by atoms with Crippen LogP contribution < -0.4 is 10.1 Å². The first kappa shape index (κ1) is 20.9. The third-order valence-electron chi connectivity index (χ3n) is 5.93. The van der Waals surface area contributed by atoms with Gasteiger partial charge in [-0.3, -0.25) is 4.79 Å². The summed E-state index contributed by atoms with van der Waals surface area (Å²) in [7, 11) is 3.59. The lowest BCUT2D eigenvalue weighted by molar-refractivity contribution is -0.130. The van der Waals surface area contributed by atoms with Crippen LogP contribution in [0.3, 0.4) is 0 Å². The van der Waals surface area contributed by atoms with E-state index in [1.165, 1.54) is 0 Å². The minimum atomic E-state index is 0.142. The third-order valence-corrected chi connectivity index (χ3v) is 5.93. The van der Waals surface area contributed by atoms with E-state index in [1.807, 2.05) is 48.3 Å². The molecule has 152 valence electrons. The van der Waals surface area contributed by atoms with Gasteiger partial charge in [0.05, 0.1) is 18.7 Å². The second kappa shape index (κ2) is 9.58. The van der Waals surface area contributed by atoms with E-state index in [2.05, 4.69) is 17.5 Å². The van der Waals surface area contributed by atoms with Crippen LogP contribution in [0.2, 0.25) is 0 Å². The number of hydrogen-bond acceptors (Lipinski definition) is 4. The normalized spacial score (nSPS) is 18.7. The molecule has 0 spiro atoms. The Bertz CT molecular complexity index is 895. The number of amides is 1. The van der Waals surface area contributed by atoms with Crippen LogP contribution in [-0.2, 0) is 11.3 Å². The summed E-state index contributed by atoms with van der Waals surface area (Å²) in [5.74, 6) is 1.01. The molecule has 1 saturated carbocycles. The predicted octanol–water partition coefficient (Wildman–Crippen LogP) is 4.11. The number of benzene rings is 2. The van der Waals surface area contributed by atoms with Gasteiger partial charge in [0, 0.05) is 38.2 Å². The van der Waals surface area contributed by atoms with Crippen LogP contribution in [0.1, 0.15) is 43.7 Å². The molecule has 0 saturated heterocycles. The van der Waals surface area contributed by atoms with Crippen LogP contribution in [0.4, 0.5) is 0 Å². The number of rotatable bonds is 6. The van der Waals surface area contributed by atoms with Crippen LogP contribution in [0, 0.1) is 11.3 Å². The maximum absolute atomic E-state index is 11.6. The smallest absolute Gasteiger partial charge is 0.219 e. The van der Waals surface area contributed by atoms with E-state index in [0.29, 0.717) is 17.6 Å². The van der Waals surface area contributed by atoms with Gasteiger partial charge in [0.2, 0.25) is 5.91 Å². The molecule has 1 aliphatic rings. The topological polar surface area (TPSA) is 65.4 Å². The quantitative estimate of drug-likeness (QED) is 0.805. The Labute approximate surface area is 173 Å². The average molecular weight is 392 g/mol. The maximum atomic E-state index is 11.6. The van der Waals surface area contributed by atoms with Crippen molar-refractivity contribution < 1.29 is 9.53 Å². The van der Waals surface area contributed by atoms with Gasteiger partial charge in [-0.05, 0) is 61.1 Å². The molecular formula is C24H29N3O2. The lowest BCUT2D eigenvalue weighted by Gasteiger charge is -2.34. The van der Waals surface area contributed by atoms with E-state index in [4.69, 9.17) is 10.00 Å². The summed E-state index contributed by atoms with van der Waals surface area (Å²) in [6.07, 6.45) is 4.20. The fraction of sp³-hybridized carbons (Fsp3) is 0.417. The molecule has 0 aliphatic heterocycles. The molecule has 1 aliphatic carbocycles. The molecule has 29 heavy (non-hydrogen) atoms. The Morgan fingerprint density at radius 1 is 1.17 bits per heavy atom. The Kier molecular flexibility index (Phi) is 6.90. The molecule has 5 nitrogen and oxygen atoms in total. The van der Waals surface area contributed by atoms with Gasteiger partial charge in [-0.15, -0.1) is 0 Å². The number of nitrogens with zero attached hydrogens (tertiary/aromatic N) is 2. The zero-order valence-electron chi connectivity index (χ0n) is 17.4. The van der Waals surface area contributed by atoms with E-state index in [9.17, 15) is 4.79 Å². The molecule has 0 atom stereocenters. The Morgan fingerprint density at radius 2 is 1.90 bits per heavy atom. The molecular weight excluding hydrogens is 362 g/mol. The van der Waals surface area contributed by atoms with Crippen LogP contribution in [-0.4, -0.2) is 37.0 Å². The van der Waals surface area contributed by atoms with Crippen molar-refractivity contribution in [1.82, 2.24) is 10.2 Å². The highest BCUT2D eigenvalue weighted by Crippen LogP contribution is 2.28. The number of hydrogen-bond donors (Lipinski definition) is 1. The number of carbonyl (C=O) groups is 1. The zero-order valence-corrected chi connectivity index (χ0v) is 17.4. The average Bonchev–Trinajstić information content (AvgIpc) is 2.77. The van der Waals surface area contributed by atoms with Gasteiger partial charge in [-0.25, -0.2) is 0 Å². The summed E-state index contributed by atoms with van der Waals surface area (Å²) >= 11 is 0. The highest BCUT2D eigenvalue weighted by molar-refractivity contribution is 5.73. The molecule has 0 radical (unpaired) electrons. The molecule has 2 aromatic carbocycles. The van der Waals surface area contributed by atoms with Gasteiger partial charge in [-0.1, -0.05) is 18.2 Å². The molecule has 0 bridgehead atoms. The first-order valence-corrected chi connectivity index (χ1v) is 10.2. The number of nitriles is 1. The van der Waals surface area contributed by atoms with Gasteiger partial charge >= 0.3 is 0 Å². The fourth-order valence-electron chi connectivity index (χ4n) is 4.04. The summed E-state index contributed by atoms with van der Waals surface area (Å²) in [4.78, 5) is 13.4. The van der Waals surface area contributed by atoms with Crippen molar-refractivity contribution in [3.05, 3.63) is 53.6 Å². The maximum Gasteiger partial charge on any atom is 0.219 e. The molecule has 1 N–H and O–H groups in total. The molecule has 0 heterocycles. The largest absolute Gasteiger partial charge is 0.496 e. The lowest BCUT2D eigenvalue weighted by Crippen LogP contribution is -2.42. The number of ether oxygens (including phenoxy) is 1.